The van der Waals surface area contributed by atoms with Crippen molar-refractivity contribution in [2.75, 3.05) is 0 Å². The molecule has 0 amide bonds. The van der Waals surface area contributed by atoms with Crippen molar-refractivity contribution in [2.24, 2.45) is 0 Å². The summed E-state index contributed by atoms with van der Waals surface area (Å²) in [6.07, 6.45) is -0.949. The predicted molar refractivity (Wildman–Crippen MR) is 87.1 cm³/mol. The summed E-state index contributed by atoms with van der Waals surface area (Å²) in [5.74, 6) is -0.799. The zero-order valence-electron chi connectivity index (χ0n) is 13.8. The lowest BCUT2D eigenvalue weighted by Gasteiger charge is -2.38. The second-order valence-corrected chi connectivity index (χ2v) is 6.89. The molecule has 2 rings (SSSR count). The Morgan fingerprint density at radius 3 is 2.30 bits per heavy atom. The van der Waals surface area contributed by atoms with Crippen molar-refractivity contribution in [3.05, 3.63) is 29.8 Å². The fourth-order valence-corrected chi connectivity index (χ4v) is 3.65. The minimum absolute atomic E-state index is 0.163. The van der Waals surface area contributed by atoms with Crippen LogP contribution in [0.25, 0.3) is 0 Å². The number of esters is 2. The van der Waals surface area contributed by atoms with E-state index >= 15 is 0 Å². The van der Waals surface area contributed by atoms with E-state index in [1.165, 1.54) is 19.4 Å². The molecule has 0 aliphatic carbocycles. The minimum Gasteiger partial charge on any atom is -0.458 e. The second-order valence-electron chi connectivity index (χ2n) is 5.66. The summed E-state index contributed by atoms with van der Waals surface area (Å²) in [6, 6.07) is 8.15. The topological polar surface area (TPSA) is 61.8 Å². The zero-order chi connectivity index (χ0) is 17.0. The first kappa shape index (κ1) is 17.8. The maximum atomic E-state index is 11.3. The molecular formula is C17H22O5S. The molecule has 6 heteroatoms. The standard InChI is InChI=1S/C17H22O5S/c1-10-5-7-14(8-6-10)23-16-9-15(21-12(3)18)17(11(2)20-16)22-13(4)19/h5-8,11,15-17H,9H2,1-4H3/t11-,15-,16?,17+/m0/s1. The molecule has 4 atom stereocenters. The van der Waals surface area contributed by atoms with Crippen LogP contribution in [0.3, 0.4) is 0 Å². The van der Waals surface area contributed by atoms with Gasteiger partial charge >= 0.3 is 11.9 Å². The second kappa shape index (κ2) is 7.84. The molecule has 126 valence electrons. The Bertz CT molecular complexity index is 557. The van der Waals surface area contributed by atoms with E-state index < -0.39 is 18.2 Å². The molecule has 0 radical (unpaired) electrons. The number of carbonyl (C=O) groups excluding carboxylic acids is 2. The van der Waals surface area contributed by atoms with Gasteiger partial charge in [0.1, 0.15) is 11.5 Å². The van der Waals surface area contributed by atoms with Crippen LogP contribution in [0.5, 0.6) is 0 Å². The molecule has 1 fully saturated rings. The average molecular weight is 338 g/mol. The first-order valence-electron chi connectivity index (χ1n) is 7.58. The lowest BCUT2D eigenvalue weighted by molar-refractivity contribution is -0.194. The Labute approximate surface area is 140 Å². The molecule has 5 nitrogen and oxygen atoms in total. The molecule has 0 aromatic heterocycles. The van der Waals surface area contributed by atoms with Crippen molar-refractivity contribution < 1.29 is 23.8 Å². The van der Waals surface area contributed by atoms with E-state index in [0.29, 0.717) is 6.42 Å². The fraction of sp³-hybridized carbons (Fsp3) is 0.529. The van der Waals surface area contributed by atoms with E-state index in [1.54, 1.807) is 11.8 Å². The van der Waals surface area contributed by atoms with Gasteiger partial charge in [-0.1, -0.05) is 29.5 Å². The van der Waals surface area contributed by atoms with Crippen LogP contribution < -0.4 is 0 Å². The van der Waals surface area contributed by atoms with Gasteiger partial charge in [-0.3, -0.25) is 9.59 Å². The number of thioether (sulfide) groups is 1. The van der Waals surface area contributed by atoms with Gasteiger partial charge in [0.25, 0.3) is 0 Å². The first-order valence-corrected chi connectivity index (χ1v) is 8.46. The smallest absolute Gasteiger partial charge is 0.303 e. The summed E-state index contributed by atoms with van der Waals surface area (Å²) in [5.41, 5.74) is 1.03. The highest BCUT2D eigenvalue weighted by Gasteiger charge is 2.41. The monoisotopic (exact) mass is 338 g/mol. The van der Waals surface area contributed by atoms with Crippen LogP contribution in [0.1, 0.15) is 32.8 Å². The highest BCUT2D eigenvalue weighted by Crippen LogP contribution is 2.35. The van der Waals surface area contributed by atoms with E-state index in [-0.39, 0.29) is 17.5 Å². The minimum atomic E-state index is -0.578. The van der Waals surface area contributed by atoms with Gasteiger partial charge in [0.2, 0.25) is 0 Å². The van der Waals surface area contributed by atoms with Crippen LogP contribution in [-0.4, -0.2) is 35.7 Å². The van der Waals surface area contributed by atoms with Gasteiger partial charge in [0.15, 0.2) is 6.10 Å². The lowest BCUT2D eigenvalue weighted by Crippen LogP contribution is -2.49. The quantitative estimate of drug-likeness (QED) is 0.786. The van der Waals surface area contributed by atoms with Crippen molar-refractivity contribution in [1.29, 1.82) is 0 Å². The number of ether oxygens (including phenoxy) is 3. The molecule has 1 unspecified atom stereocenters. The number of hydrogen-bond donors (Lipinski definition) is 0. The van der Waals surface area contributed by atoms with Crippen molar-refractivity contribution in [2.45, 2.75) is 62.8 Å². The Hall–Kier alpha value is -1.53. The van der Waals surface area contributed by atoms with Crippen molar-refractivity contribution in [3.8, 4) is 0 Å². The molecular weight excluding hydrogens is 316 g/mol. The normalized spacial score (nSPS) is 27.3. The highest BCUT2D eigenvalue weighted by molar-refractivity contribution is 7.99. The Kier molecular flexibility index (Phi) is 6.07. The van der Waals surface area contributed by atoms with Gasteiger partial charge in [0, 0.05) is 25.2 Å². The van der Waals surface area contributed by atoms with Crippen LogP contribution in [-0.2, 0) is 23.8 Å². The third-order valence-corrected chi connectivity index (χ3v) is 4.64. The van der Waals surface area contributed by atoms with E-state index in [9.17, 15) is 9.59 Å². The summed E-state index contributed by atoms with van der Waals surface area (Å²) in [7, 11) is 0. The molecule has 1 aromatic carbocycles. The Morgan fingerprint density at radius 2 is 1.74 bits per heavy atom. The molecule has 1 heterocycles. The van der Waals surface area contributed by atoms with E-state index in [0.717, 1.165) is 4.90 Å². The predicted octanol–water partition coefficient (Wildman–Crippen LogP) is 3.09. The molecule has 23 heavy (non-hydrogen) atoms. The van der Waals surface area contributed by atoms with E-state index in [1.807, 2.05) is 38.1 Å². The van der Waals surface area contributed by atoms with Crippen molar-refractivity contribution in [3.63, 3.8) is 0 Å². The molecule has 0 spiro atoms. The maximum absolute atomic E-state index is 11.3. The molecule has 1 aromatic rings. The van der Waals surface area contributed by atoms with Crippen LogP contribution in [0.4, 0.5) is 0 Å². The summed E-state index contributed by atoms with van der Waals surface area (Å²) in [6.45, 7) is 6.55. The SMILES string of the molecule is CC(=O)O[C@@H]1[C@H](C)OC(Sc2ccc(C)cc2)C[C@@H]1OC(C)=O. The van der Waals surface area contributed by atoms with Gasteiger partial charge < -0.3 is 14.2 Å². The maximum Gasteiger partial charge on any atom is 0.303 e. The van der Waals surface area contributed by atoms with Gasteiger partial charge in [-0.05, 0) is 26.0 Å². The largest absolute Gasteiger partial charge is 0.458 e. The number of carbonyl (C=O) groups is 2. The Balaban J connectivity index is 2.07. The van der Waals surface area contributed by atoms with Gasteiger partial charge in [-0.2, -0.15) is 0 Å². The molecule has 0 saturated carbocycles. The van der Waals surface area contributed by atoms with Crippen LogP contribution in [0.2, 0.25) is 0 Å². The molecule has 1 aliphatic rings. The summed E-state index contributed by atoms with van der Waals surface area (Å²) in [5, 5.41) is 0. The van der Waals surface area contributed by atoms with Crippen molar-refractivity contribution >= 4 is 23.7 Å². The van der Waals surface area contributed by atoms with Gasteiger partial charge in [-0.25, -0.2) is 0 Å². The average Bonchev–Trinajstić information content (AvgIpc) is 2.44. The Morgan fingerprint density at radius 1 is 1.13 bits per heavy atom. The molecule has 1 aliphatic heterocycles. The van der Waals surface area contributed by atoms with E-state index in [2.05, 4.69) is 0 Å². The number of benzene rings is 1. The number of aryl methyl sites for hydroxylation is 1. The molecule has 0 bridgehead atoms. The first-order chi connectivity index (χ1) is 10.8. The number of rotatable bonds is 4. The summed E-state index contributed by atoms with van der Waals surface area (Å²) < 4.78 is 16.6. The lowest BCUT2D eigenvalue weighted by atomic mass is 10.0. The third kappa shape index (κ3) is 5.25. The van der Waals surface area contributed by atoms with Gasteiger partial charge in [-0.15, -0.1) is 0 Å². The van der Waals surface area contributed by atoms with Gasteiger partial charge in [0.05, 0.1) is 6.10 Å². The highest BCUT2D eigenvalue weighted by atomic mass is 32.2. The van der Waals surface area contributed by atoms with Crippen molar-refractivity contribution in [1.82, 2.24) is 0 Å². The fourth-order valence-electron chi connectivity index (χ4n) is 2.53. The summed E-state index contributed by atoms with van der Waals surface area (Å²) >= 11 is 1.57. The molecule has 0 N–H and O–H groups in total. The van der Waals surface area contributed by atoms with Crippen LogP contribution in [0.15, 0.2) is 29.2 Å². The number of hydrogen-bond acceptors (Lipinski definition) is 6. The zero-order valence-corrected chi connectivity index (χ0v) is 14.6. The van der Waals surface area contributed by atoms with Crippen LogP contribution in [0, 0.1) is 6.92 Å². The van der Waals surface area contributed by atoms with Crippen LogP contribution >= 0.6 is 11.8 Å². The molecule has 1 saturated heterocycles. The third-order valence-electron chi connectivity index (χ3n) is 3.53. The summed E-state index contributed by atoms with van der Waals surface area (Å²) in [4.78, 5) is 23.7. The van der Waals surface area contributed by atoms with E-state index in [4.69, 9.17) is 14.2 Å².